The highest BCUT2D eigenvalue weighted by atomic mass is 19.1. The molecule has 0 aliphatic rings. The van der Waals surface area contributed by atoms with E-state index in [-0.39, 0.29) is 18.0 Å². The molecule has 0 aliphatic carbocycles. The summed E-state index contributed by atoms with van der Waals surface area (Å²) in [5, 5.41) is 4.34. The van der Waals surface area contributed by atoms with Crippen LogP contribution in [0.25, 0.3) is 16.9 Å². The van der Waals surface area contributed by atoms with E-state index >= 15 is 0 Å². The Balaban J connectivity index is 2.26. The van der Waals surface area contributed by atoms with E-state index in [1.807, 2.05) is 30.3 Å². The molecule has 3 aromatic rings. The molecule has 0 radical (unpaired) electrons. The van der Waals surface area contributed by atoms with Crippen molar-refractivity contribution in [2.75, 3.05) is 6.61 Å². The second-order valence-corrected chi connectivity index (χ2v) is 5.27. The van der Waals surface area contributed by atoms with E-state index in [1.54, 1.807) is 32.0 Å². The number of esters is 1. The highest BCUT2D eigenvalue weighted by Crippen LogP contribution is 2.29. The normalized spacial score (nSPS) is 10.6. The maximum absolute atomic E-state index is 14.3. The Bertz CT molecular complexity index is 872. The lowest BCUT2D eigenvalue weighted by Crippen LogP contribution is -2.08. The molecule has 0 bridgehead atoms. The van der Waals surface area contributed by atoms with E-state index in [9.17, 15) is 9.18 Å². The molecule has 4 nitrogen and oxygen atoms in total. The Hall–Kier alpha value is -2.95. The molecule has 1 heterocycles. The van der Waals surface area contributed by atoms with E-state index in [2.05, 4.69) is 5.10 Å². The summed E-state index contributed by atoms with van der Waals surface area (Å²) >= 11 is 0. The largest absolute Gasteiger partial charge is 0.461 e. The Kier molecular flexibility index (Phi) is 4.42. The summed E-state index contributed by atoms with van der Waals surface area (Å²) in [5.74, 6) is -0.921. The summed E-state index contributed by atoms with van der Waals surface area (Å²) in [6, 6.07) is 15.8. The van der Waals surface area contributed by atoms with Gasteiger partial charge in [-0.25, -0.2) is 13.9 Å². The second kappa shape index (κ2) is 6.66. The van der Waals surface area contributed by atoms with Crippen LogP contribution in [0, 0.1) is 12.7 Å². The van der Waals surface area contributed by atoms with Crippen LogP contribution < -0.4 is 0 Å². The van der Waals surface area contributed by atoms with Crippen LogP contribution in [-0.2, 0) is 4.74 Å². The zero-order valence-corrected chi connectivity index (χ0v) is 13.5. The molecule has 24 heavy (non-hydrogen) atoms. The standard InChI is InChI=1S/C19H17FN2O2/c1-3-24-19(23)17-13(2)18(14-9-5-4-6-10-14)22(21-17)16-12-8-7-11-15(16)20/h4-12H,3H2,1-2H3. The topological polar surface area (TPSA) is 44.1 Å². The van der Waals surface area contributed by atoms with Crippen LogP contribution in [0.3, 0.4) is 0 Å². The van der Waals surface area contributed by atoms with Gasteiger partial charge in [0.1, 0.15) is 11.5 Å². The average molecular weight is 324 g/mol. The summed E-state index contributed by atoms with van der Waals surface area (Å²) < 4.78 is 20.8. The van der Waals surface area contributed by atoms with E-state index < -0.39 is 11.8 Å². The van der Waals surface area contributed by atoms with Gasteiger partial charge in [0.05, 0.1) is 12.3 Å². The first-order valence-electron chi connectivity index (χ1n) is 7.70. The molecule has 0 fully saturated rings. The summed E-state index contributed by atoms with van der Waals surface area (Å²) in [6.07, 6.45) is 0. The smallest absolute Gasteiger partial charge is 0.359 e. The molecule has 0 N–H and O–H groups in total. The number of benzene rings is 2. The molecular formula is C19H17FN2O2. The summed E-state index contributed by atoms with van der Waals surface area (Å²) in [7, 11) is 0. The number of halogens is 1. The SMILES string of the molecule is CCOC(=O)c1nn(-c2ccccc2F)c(-c2ccccc2)c1C. The van der Waals surface area contributed by atoms with Gasteiger partial charge >= 0.3 is 5.97 Å². The van der Waals surface area contributed by atoms with E-state index in [0.717, 1.165) is 5.56 Å². The third kappa shape index (κ3) is 2.80. The summed E-state index contributed by atoms with van der Waals surface area (Å²) in [6.45, 7) is 3.78. The predicted octanol–water partition coefficient (Wildman–Crippen LogP) is 4.16. The first-order chi connectivity index (χ1) is 11.6. The van der Waals surface area contributed by atoms with Crippen molar-refractivity contribution in [2.24, 2.45) is 0 Å². The molecule has 0 amide bonds. The lowest BCUT2D eigenvalue weighted by Gasteiger charge is -2.09. The lowest BCUT2D eigenvalue weighted by atomic mass is 10.1. The zero-order chi connectivity index (χ0) is 17.1. The molecule has 5 heteroatoms. The minimum atomic E-state index is -0.512. The van der Waals surface area contributed by atoms with Gasteiger partial charge < -0.3 is 4.74 Å². The number of hydrogen-bond donors (Lipinski definition) is 0. The van der Waals surface area contributed by atoms with Crippen molar-refractivity contribution in [2.45, 2.75) is 13.8 Å². The second-order valence-electron chi connectivity index (χ2n) is 5.27. The molecular weight excluding hydrogens is 307 g/mol. The van der Waals surface area contributed by atoms with Gasteiger partial charge in [-0.2, -0.15) is 5.10 Å². The third-order valence-electron chi connectivity index (χ3n) is 3.72. The first-order valence-corrected chi connectivity index (χ1v) is 7.70. The van der Waals surface area contributed by atoms with Crippen LogP contribution in [0.5, 0.6) is 0 Å². The van der Waals surface area contributed by atoms with Gasteiger partial charge in [-0.05, 0) is 26.0 Å². The van der Waals surface area contributed by atoms with Gasteiger partial charge in [0, 0.05) is 11.1 Å². The molecule has 1 aromatic heterocycles. The molecule has 0 unspecified atom stereocenters. The summed E-state index contributed by atoms with van der Waals surface area (Å²) in [5.41, 5.74) is 2.65. The Morgan fingerprint density at radius 2 is 1.79 bits per heavy atom. The maximum Gasteiger partial charge on any atom is 0.359 e. The van der Waals surface area contributed by atoms with Gasteiger partial charge in [0.15, 0.2) is 5.69 Å². The van der Waals surface area contributed by atoms with Gasteiger partial charge in [-0.1, -0.05) is 42.5 Å². The van der Waals surface area contributed by atoms with Crippen molar-refractivity contribution < 1.29 is 13.9 Å². The fourth-order valence-corrected chi connectivity index (χ4v) is 2.62. The van der Waals surface area contributed by atoms with Crippen LogP contribution in [0.2, 0.25) is 0 Å². The quantitative estimate of drug-likeness (QED) is 0.677. The Labute approximate surface area is 139 Å². The number of rotatable bonds is 4. The Morgan fingerprint density at radius 3 is 2.46 bits per heavy atom. The fraction of sp³-hybridized carbons (Fsp3) is 0.158. The molecule has 0 atom stereocenters. The van der Waals surface area contributed by atoms with E-state index in [1.165, 1.54) is 10.7 Å². The van der Waals surface area contributed by atoms with Crippen molar-refractivity contribution in [3.05, 3.63) is 71.7 Å². The molecule has 2 aromatic carbocycles. The molecule has 3 rings (SSSR count). The number of aromatic nitrogens is 2. The fourth-order valence-electron chi connectivity index (χ4n) is 2.62. The third-order valence-corrected chi connectivity index (χ3v) is 3.72. The van der Waals surface area contributed by atoms with Crippen LogP contribution in [0.15, 0.2) is 54.6 Å². The van der Waals surface area contributed by atoms with Crippen molar-refractivity contribution in [3.8, 4) is 16.9 Å². The van der Waals surface area contributed by atoms with Crippen molar-refractivity contribution >= 4 is 5.97 Å². The van der Waals surface area contributed by atoms with E-state index in [0.29, 0.717) is 11.3 Å². The van der Waals surface area contributed by atoms with Gasteiger partial charge in [0.25, 0.3) is 0 Å². The van der Waals surface area contributed by atoms with Crippen molar-refractivity contribution in [1.29, 1.82) is 0 Å². The number of carbonyl (C=O) groups excluding carboxylic acids is 1. The van der Waals surface area contributed by atoms with Gasteiger partial charge in [-0.15, -0.1) is 0 Å². The number of hydrogen-bond acceptors (Lipinski definition) is 3. The van der Waals surface area contributed by atoms with E-state index in [4.69, 9.17) is 4.74 Å². The molecule has 0 saturated carbocycles. The number of ether oxygens (including phenoxy) is 1. The minimum Gasteiger partial charge on any atom is -0.461 e. The molecule has 0 saturated heterocycles. The number of carbonyl (C=O) groups is 1. The molecule has 122 valence electrons. The van der Waals surface area contributed by atoms with Gasteiger partial charge in [0.2, 0.25) is 0 Å². The maximum atomic E-state index is 14.3. The Morgan fingerprint density at radius 1 is 1.12 bits per heavy atom. The van der Waals surface area contributed by atoms with Crippen molar-refractivity contribution in [3.63, 3.8) is 0 Å². The molecule has 0 spiro atoms. The monoisotopic (exact) mass is 324 g/mol. The first kappa shape index (κ1) is 15.9. The van der Waals surface area contributed by atoms with Crippen LogP contribution in [-0.4, -0.2) is 22.4 Å². The minimum absolute atomic E-state index is 0.193. The number of nitrogens with zero attached hydrogens (tertiary/aromatic N) is 2. The lowest BCUT2D eigenvalue weighted by molar-refractivity contribution is 0.0518. The highest BCUT2D eigenvalue weighted by Gasteiger charge is 2.23. The average Bonchev–Trinajstić information content (AvgIpc) is 2.93. The van der Waals surface area contributed by atoms with Crippen molar-refractivity contribution in [1.82, 2.24) is 9.78 Å². The number of para-hydroxylation sites is 1. The zero-order valence-electron chi connectivity index (χ0n) is 13.5. The molecule has 0 aliphatic heterocycles. The predicted molar refractivity (Wildman–Crippen MR) is 89.7 cm³/mol. The summed E-state index contributed by atoms with van der Waals surface area (Å²) in [4.78, 5) is 12.2. The van der Waals surface area contributed by atoms with Crippen LogP contribution in [0.1, 0.15) is 23.0 Å². The highest BCUT2D eigenvalue weighted by molar-refractivity contribution is 5.91. The van der Waals surface area contributed by atoms with Crippen LogP contribution in [0.4, 0.5) is 4.39 Å². The van der Waals surface area contributed by atoms with Crippen LogP contribution >= 0.6 is 0 Å². The van der Waals surface area contributed by atoms with Gasteiger partial charge in [-0.3, -0.25) is 0 Å².